The van der Waals surface area contributed by atoms with Crippen LogP contribution in [-0.2, 0) is 12.3 Å². The van der Waals surface area contributed by atoms with E-state index in [4.69, 9.17) is 0 Å². The monoisotopic (exact) mass is 415 g/mol. The molecule has 0 unspecified atom stereocenters. The largest absolute Gasteiger partial charge is 0.309 e. The van der Waals surface area contributed by atoms with E-state index in [-0.39, 0.29) is 11.4 Å². The minimum Gasteiger partial charge on any atom is -0.309 e. The van der Waals surface area contributed by atoms with Crippen LogP contribution in [0.25, 0.3) is 21.6 Å². The second-order valence-electron chi connectivity index (χ2n) is 6.73. The average Bonchev–Trinajstić information content (AvgIpc) is 3.27. The van der Waals surface area contributed by atoms with Gasteiger partial charge in [0.15, 0.2) is 11.0 Å². The fourth-order valence-corrected chi connectivity index (χ4v) is 4.43. The van der Waals surface area contributed by atoms with Gasteiger partial charge in [0, 0.05) is 6.54 Å². The SMILES string of the molecule is CC(C)Cn1c(SCc2nc3ccsc3c(=O)[nH]2)nnc1-c1ccccc1F. The molecule has 0 atom stereocenters. The second-order valence-corrected chi connectivity index (χ2v) is 8.59. The van der Waals surface area contributed by atoms with E-state index in [1.807, 2.05) is 16.0 Å². The number of hydrogen-bond donors (Lipinski definition) is 1. The van der Waals surface area contributed by atoms with Crippen LogP contribution in [0.5, 0.6) is 0 Å². The molecule has 6 nitrogen and oxygen atoms in total. The molecule has 28 heavy (non-hydrogen) atoms. The van der Waals surface area contributed by atoms with Gasteiger partial charge in [0.25, 0.3) is 5.56 Å². The Labute approximate surface area is 168 Å². The Morgan fingerprint density at radius 1 is 1.25 bits per heavy atom. The highest BCUT2D eigenvalue weighted by atomic mass is 32.2. The van der Waals surface area contributed by atoms with Crippen molar-refractivity contribution in [1.82, 2.24) is 24.7 Å². The predicted octanol–water partition coefficient (Wildman–Crippen LogP) is 4.33. The maximum absolute atomic E-state index is 14.3. The van der Waals surface area contributed by atoms with Gasteiger partial charge in [0.1, 0.15) is 16.3 Å². The lowest BCUT2D eigenvalue weighted by molar-refractivity contribution is 0.496. The van der Waals surface area contributed by atoms with Gasteiger partial charge in [-0.15, -0.1) is 21.5 Å². The van der Waals surface area contributed by atoms with Crippen LogP contribution in [0.4, 0.5) is 4.39 Å². The van der Waals surface area contributed by atoms with Crippen molar-refractivity contribution in [3.8, 4) is 11.4 Å². The number of halogens is 1. The second kappa shape index (κ2) is 7.84. The third kappa shape index (κ3) is 3.72. The normalized spacial score (nSPS) is 11.6. The Balaban J connectivity index is 1.65. The van der Waals surface area contributed by atoms with Gasteiger partial charge in [0.05, 0.1) is 16.8 Å². The highest BCUT2D eigenvalue weighted by Gasteiger charge is 2.18. The van der Waals surface area contributed by atoms with E-state index in [0.29, 0.717) is 50.8 Å². The molecule has 0 aliphatic rings. The van der Waals surface area contributed by atoms with E-state index < -0.39 is 0 Å². The van der Waals surface area contributed by atoms with Crippen LogP contribution >= 0.6 is 23.1 Å². The molecule has 0 fully saturated rings. The van der Waals surface area contributed by atoms with Crippen LogP contribution in [0.2, 0.25) is 0 Å². The van der Waals surface area contributed by atoms with Gasteiger partial charge in [0.2, 0.25) is 0 Å². The molecular formula is C19H18FN5OS2. The molecule has 3 aromatic heterocycles. The summed E-state index contributed by atoms with van der Waals surface area (Å²) in [6.07, 6.45) is 0. The number of aromatic amines is 1. The molecule has 0 radical (unpaired) electrons. The number of fused-ring (bicyclic) bond motifs is 1. The van der Waals surface area contributed by atoms with E-state index in [0.717, 1.165) is 0 Å². The van der Waals surface area contributed by atoms with Crippen LogP contribution in [0.1, 0.15) is 19.7 Å². The maximum atomic E-state index is 14.3. The first-order chi connectivity index (χ1) is 13.5. The van der Waals surface area contributed by atoms with E-state index >= 15 is 0 Å². The summed E-state index contributed by atoms with van der Waals surface area (Å²) in [4.78, 5) is 19.5. The zero-order valence-corrected chi connectivity index (χ0v) is 17.0. The van der Waals surface area contributed by atoms with Crippen LogP contribution < -0.4 is 5.56 Å². The Morgan fingerprint density at radius 2 is 2.07 bits per heavy atom. The van der Waals surface area contributed by atoms with Gasteiger partial charge in [-0.05, 0) is 29.5 Å². The number of rotatable bonds is 6. The highest BCUT2D eigenvalue weighted by molar-refractivity contribution is 7.98. The van der Waals surface area contributed by atoms with Gasteiger partial charge >= 0.3 is 0 Å². The Bertz CT molecular complexity index is 1180. The first kappa shape index (κ1) is 18.8. The minimum absolute atomic E-state index is 0.133. The molecule has 144 valence electrons. The van der Waals surface area contributed by atoms with Crippen LogP contribution in [0, 0.1) is 11.7 Å². The zero-order valence-electron chi connectivity index (χ0n) is 15.3. The number of nitrogens with zero attached hydrogens (tertiary/aromatic N) is 4. The molecule has 0 aliphatic heterocycles. The number of hydrogen-bond acceptors (Lipinski definition) is 6. The molecule has 1 aromatic carbocycles. The lowest BCUT2D eigenvalue weighted by Gasteiger charge is -2.12. The summed E-state index contributed by atoms with van der Waals surface area (Å²) in [6, 6.07) is 8.39. The summed E-state index contributed by atoms with van der Waals surface area (Å²) in [5.74, 6) is 1.52. The third-order valence-electron chi connectivity index (χ3n) is 4.08. The molecule has 0 amide bonds. The van der Waals surface area contributed by atoms with Crippen molar-refractivity contribution >= 4 is 33.3 Å². The standard InChI is InChI=1S/C19H18FN5OS2/c1-11(2)9-25-17(12-5-3-4-6-13(12)20)23-24-19(25)28-10-15-21-14-7-8-27-16(14)18(26)22-15/h3-8,11H,9-10H2,1-2H3,(H,21,22,26). The van der Waals surface area contributed by atoms with Gasteiger partial charge in [-0.1, -0.05) is 37.7 Å². The summed E-state index contributed by atoms with van der Waals surface area (Å²) >= 11 is 2.79. The first-order valence-corrected chi connectivity index (χ1v) is 10.7. The van der Waals surface area contributed by atoms with Crippen molar-refractivity contribution in [2.24, 2.45) is 5.92 Å². The summed E-state index contributed by atoms with van der Waals surface area (Å²) in [6.45, 7) is 4.83. The zero-order chi connectivity index (χ0) is 19.7. The number of thioether (sulfide) groups is 1. The molecule has 0 aliphatic carbocycles. The molecule has 9 heteroatoms. The lowest BCUT2D eigenvalue weighted by Crippen LogP contribution is -2.10. The molecule has 0 saturated heterocycles. The Morgan fingerprint density at radius 3 is 2.86 bits per heavy atom. The van der Waals surface area contributed by atoms with Crippen molar-refractivity contribution in [2.45, 2.75) is 31.3 Å². The Hall–Kier alpha value is -2.52. The molecule has 3 heterocycles. The van der Waals surface area contributed by atoms with Crippen molar-refractivity contribution in [1.29, 1.82) is 0 Å². The minimum atomic E-state index is -0.328. The number of thiophene rings is 1. The molecule has 4 rings (SSSR count). The molecule has 1 N–H and O–H groups in total. The molecular weight excluding hydrogens is 397 g/mol. The topological polar surface area (TPSA) is 76.5 Å². The summed E-state index contributed by atoms with van der Waals surface area (Å²) in [7, 11) is 0. The van der Waals surface area contributed by atoms with Crippen LogP contribution in [0.3, 0.4) is 0 Å². The third-order valence-corrected chi connectivity index (χ3v) is 5.96. The smallest absolute Gasteiger partial charge is 0.268 e. The quantitative estimate of drug-likeness (QED) is 0.474. The molecule has 0 bridgehead atoms. The van der Waals surface area contributed by atoms with Crippen LogP contribution in [-0.4, -0.2) is 24.7 Å². The summed E-state index contributed by atoms with van der Waals surface area (Å²) in [5.41, 5.74) is 0.986. The van der Waals surface area contributed by atoms with E-state index in [2.05, 4.69) is 34.0 Å². The van der Waals surface area contributed by atoms with Gasteiger partial charge < -0.3 is 9.55 Å². The van der Waals surface area contributed by atoms with Crippen molar-refractivity contribution < 1.29 is 4.39 Å². The summed E-state index contributed by atoms with van der Waals surface area (Å²) < 4.78 is 16.8. The van der Waals surface area contributed by atoms with E-state index in [1.54, 1.807) is 18.2 Å². The maximum Gasteiger partial charge on any atom is 0.268 e. The molecule has 4 aromatic rings. The van der Waals surface area contributed by atoms with E-state index in [9.17, 15) is 9.18 Å². The van der Waals surface area contributed by atoms with E-state index in [1.165, 1.54) is 29.2 Å². The first-order valence-electron chi connectivity index (χ1n) is 8.80. The van der Waals surface area contributed by atoms with Crippen LogP contribution in [0.15, 0.2) is 45.7 Å². The lowest BCUT2D eigenvalue weighted by atomic mass is 10.2. The number of nitrogens with one attached hydrogen (secondary N) is 1. The number of aromatic nitrogens is 5. The fraction of sp³-hybridized carbons (Fsp3) is 0.263. The number of H-pyrrole nitrogens is 1. The molecule has 0 spiro atoms. The van der Waals surface area contributed by atoms with Gasteiger partial charge in [-0.3, -0.25) is 4.79 Å². The average molecular weight is 416 g/mol. The Kier molecular flexibility index (Phi) is 5.27. The fourth-order valence-electron chi connectivity index (χ4n) is 2.89. The number of benzene rings is 1. The van der Waals surface area contributed by atoms with Crippen molar-refractivity contribution in [3.05, 3.63) is 57.7 Å². The molecule has 0 saturated carbocycles. The highest BCUT2D eigenvalue weighted by Crippen LogP contribution is 2.28. The van der Waals surface area contributed by atoms with Crippen molar-refractivity contribution in [3.63, 3.8) is 0 Å². The predicted molar refractivity (Wildman–Crippen MR) is 110 cm³/mol. The van der Waals surface area contributed by atoms with Gasteiger partial charge in [-0.25, -0.2) is 9.37 Å². The van der Waals surface area contributed by atoms with Gasteiger partial charge in [-0.2, -0.15) is 0 Å². The van der Waals surface area contributed by atoms with Crippen molar-refractivity contribution in [2.75, 3.05) is 0 Å². The summed E-state index contributed by atoms with van der Waals surface area (Å²) in [5, 5.41) is 11.0.